The molecule has 0 unspecified atom stereocenters. The Balaban J connectivity index is 1.80. The van der Waals surface area contributed by atoms with Crippen LogP contribution >= 0.6 is 15.9 Å². The van der Waals surface area contributed by atoms with E-state index < -0.39 is 0 Å². The van der Waals surface area contributed by atoms with Crippen LogP contribution in [-0.2, 0) is 6.42 Å². The van der Waals surface area contributed by atoms with Crippen LogP contribution in [-0.4, -0.2) is 17.5 Å². The van der Waals surface area contributed by atoms with Crippen molar-refractivity contribution in [2.24, 2.45) is 0 Å². The summed E-state index contributed by atoms with van der Waals surface area (Å²) in [6, 6.07) is 19.7. The third-order valence-electron chi connectivity index (χ3n) is 4.27. The van der Waals surface area contributed by atoms with Crippen LogP contribution in [0.1, 0.15) is 28.4 Å². The maximum atomic E-state index is 12.8. The van der Waals surface area contributed by atoms with Gasteiger partial charge in [-0.25, -0.2) is 0 Å². The van der Waals surface area contributed by atoms with Crippen LogP contribution in [0.3, 0.4) is 0 Å². The number of methoxy groups -OCH3 is 1. The van der Waals surface area contributed by atoms with Crippen molar-refractivity contribution in [1.82, 2.24) is 4.57 Å². The average molecular weight is 398 g/mol. The van der Waals surface area contributed by atoms with Crippen LogP contribution in [0.5, 0.6) is 5.75 Å². The molecule has 0 aliphatic carbocycles. The van der Waals surface area contributed by atoms with Crippen LogP contribution in [0.25, 0.3) is 0 Å². The van der Waals surface area contributed by atoms with E-state index in [1.54, 1.807) is 7.11 Å². The molecule has 0 aliphatic rings. The lowest BCUT2D eigenvalue weighted by Crippen LogP contribution is -2.16. The molecule has 3 aromatic rings. The Kier molecular flexibility index (Phi) is 5.71. The van der Waals surface area contributed by atoms with Gasteiger partial charge in [-0.15, -0.1) is 0 Å². The van der Waals surface area contributed by atoms with E-state index in [-0.39, 0.29) is 11.8 Å². The molecular weight excluding hydrogens is 378 g/mol. The lowest BCUT2D eigenvalue weighted by molar-refractivity contribution is 0.0962. The van der Waals surface area contributed by atoms with Gasteiger partial charge in [-0.3, -0.25) is 4.79 Å². The summed E-state index contributed by atoms with van der Waals surface area (Å²) in [7, 11) is 1.66. The Labute approximate surface area is 156 Å². The summed E-state index contributed by atoms with van der Waals surface area (Å²) in [6.07, 6.45) is 5.27. The van der Waals surface area contributed by atoms with Gasteiger partial charge < -0.3 is 9.30 Å². The molecule has 1 aromatic heterocycles. The number of rotatable bonds is 7. The maximum absolute atomic E-state index is 12.8. The number of nitrogens with zero attached hydrogens (tertiary/aromatic N) is 1. The van der Waals surface area contributed by atoms with Crippen LogP contribution < -0.4 is 4.74 Å². The number of ketones is 1. The highest BCUT2D eigenvalue weighted by Crippen LogP contribution is 2.25. The highest BCUT2D eigenvalue weighted by atomic mass is 79.9. The molecule has 0 spiro atoms. The molecule has 1 heterocycles. The molecular formula is C21H20BrNO2. The Morgan fingerprint density at radius 3 is 2.36 bits per heavy atom. The van der Waals surface area contributed by atoms with Gasteiger partial charge >= 0.3 is 0 Å². The Bertz CT molecular complexity index is 825. The molecule has 0 saturated carbocycles. The first-order valence-corrected chi connectivity index (χ1v) is 9.00. The van der Waals surface area contributed by atoms with Gasteiger partial charge in [0.25, 0.3) is 0 Å². The zero-order valence-electron chi connectivity index (χ0n) is 14.1. The van der Waals surface area contributed by atoms with Crippen LogP contribution in [0, 0.1) is 0 Å². The van der Waals surface area contributed by atoms with Crippen molar-refractivity contribution >= 4 is 21.7 Å². The molecule has 1 atom stereocenters. The summed E-state index contributed by atoms with van der Waals surface area (Å²) >= 11 is 3.48. The van der Waals surface area contributed by atoms with E-state index in [0.29, 0.717) is 6.42 Å². The first-order valence-electron chi connectivity index (χ1n) is 8.20. The largest absolute Gasteiger partial charge is 0.497 e. The first kappa shape index (κ1) is 17.5. The SMILES string of the molecule is COc1ccc(C[C@@H](CC(=O)c2ccccc2Br)n2cccc2)cc1. The summed E-state index contributed by atoms with van der Waals surface area (Å²) in [5.41, 5.74) is 1.91. The first-order chi connectivity index (χ1) is 12.2. The summed E-state index contributed by atoms with van der Waals surface area (Å²) in [5, 5.41) is 0. The second kappa shape index (κ2) is 8.17. The van der Waals surface area contributed by atoms with Crippen molar-refractivity contribution in [2.75, 3.05) is 7.11 Å². The van der Waals surface area contributed by atoms with Gasteiger partial charge in [0.2, 0.25) is 0 Å². The van der Waals surface area contributed by atoms with E-state index in [1.165, 1.54) is 5.56 Å². The van der Waals surface area contributed by atoms with Crippen molar-refractivity contribution < 1.29 is 9.53 Å². The standard InChI is InChI=1S/C21H20BrNO2/c1-25-18-10-8-16(9-11-18)14-17(23-12-4-5-13-23)15-21(24)19-6-2-3-7-20(19)22/h2-13,17H,14-15H2,1H3/t17-/m0/s1. The summed E-state index contributed by atoms with van der Waals surface area (Å²) in [5.74, 6) is 0.977. The van der Waals surface area contributed by atoms with Gasteiger partial charge in [-0.2, -0.15) is 0 Å². The number of Topliss-reactive ketones (excluding diaryl/α,β-unsaturated/α-hetero) is 1. The second-order valence-corrected chi connectivity index (χ2v) is 6.80. The lowest BCUT2D eigenvalue weighted by atomic mass is 9.98. The van der Waals surface area contributed by atoms with Crippen LogP contribution in [0.4, 0.5) is 0 Å². The lowest BCUT2D eigenvalue weighted by Gasteiger charge is -2.19. The Hall–Kier alpha value is -2.33. The van der Waals surface area contributed by atoms with Crippen LogP contribution in [0.2, 0.25) is 0 Å². The molecule has 3 nitrogen and oxygen atoms in total. The molecule has 25 heavy (non-hydrogen) atoms. The summed E-state index contributed by atoms with van der Waals surface area (Å²) in [4.78, 5) is 12.8. The topological polar surface area (TPSA) is 31.2 Å². The fourth-order valence-corrected chi connectivity index (χ4v) is 3.43. The molecule has 0 saturated heterocycles. The van der Waals surface area contributed by atoms with E-state index in [2.05, 4.69) is 32.6 Å². The van der Waals surface area contributed by atoms with E-state index >= 15 is 0 Å². The number of ether oxygens (including phenoxy) is 1. The van der Waals surface area contributed by atoms with Gasteiger partial charge in [0, 0.05) is 34.9 Å². The fraction of sp³-hybridized carbons (Fsp3) is 0.190. The number of hydrogen-bond donors (Lipinski definition) is 0. The molecule has 0 N–H and O–H groups in total. The number of carbonyl (C=O) groups is 1. The fourth-order valence-electron chi connectivity index (χ4n) is 2.92. The Morgan fingerprint density at radius 1 is 1.04 bits per heavy atom. The molecule has 2 aromatic carbocycles. The monoisotopic (exact) mass is 397 g/mol. The predicted octanol–water partition coefficient (Wildman–Crippen LogP) is 5.32. The molecule has 0 aliphatic heterocycles. The maximum Gasteiger partial charge on any atom is 0.166 e. The van der Waals surface area contributed by atoms with Crippen molar-refractivity contribution in [3.63, 3.8) is 0 Å². The molecule has 0 amide bonds. The summed E-state index contributed by atoms with van der Waals surface area (Å²) < 4.78 is 8.17. The van der Waals surface area contributed by atoms with Gasteiger partial charge in [0.1, 0.15) is 5.75 Å². The van der Waals surface area contributed by atoms with Gasteiger partial charge in [-0.05, 0) is 42.3 Å². The number of aromatic nitrogens is 1. The number of benzene rings is 2. The van der Waals surface area contributed by atoms with E-state index in [1.807, 2.05) is 60.9 Å². The minimum atomic E-state index is 0.0722. The minimum absolute atomic E-state index is 0.0722. The normalized spacial score (nSPS) is 11.9. The average Bonchev–Trinajstić information content (AvgIpc) is 3.16. The molecule has 4 heteroatoms. The third-order valence-corrected chi connectivity index (χ3v) is 4.97. The quantitative estimate of drug-likeness (QED) is 0.505. The van der Waals surface area contributed by atoms with E-state index in [4.69, 9.17) is 4.74 Å². The highest BCUT2D eigenvalue weighted by Gasteiger charge is 2.18. The Morgan fingerprint density at radius 2 is 1.72 bits per heavy atom. The second-order valence-electron chi connectivity index (χ2n) is 5.94. The molecule has 0 radical (unpaired) electrons. The number of carbonyl (C=O) groups excluding carboxylic acids is 1. The predicted molar refractivity (Wildman–Crippen MR) is 103 cm³/mol. The van der Waals surface area contributed by atoms with Crippen molar-refractivity contribution in [3.05, 3.63) is 88.7 Å². The molecule has 3 rings (SSSR count). The van der Waals surface area contributed by atoms with E-state index in [9.17, 15) is 4.79 Å². The third kappa shape index (κ3) is 4.40. The minimum Gasteiger partial charge on any atom is -0.497 e. The van der Waals surface area contributed by atoms with Crippen LogP contribution in [0.15, 0.2) is 77.5 Å². The molecule has 0 bridgehead atoms. The zero-order valence-corrected chi connectivity index (χ0v) is 15.6. The number of halogens is 1. The molecule has 128 valence electrons. The summed E-state index contributed by atoms with van der Waals surface area (Å²) in [6.45, 7) is 0. The highest BCUT2D eigenvalue weighted by molar-refractivity contribution is 9.10. The van der Waals surface area contributed by atoms with Gasteiger partial charge in [-0.1, -0.05) is 46.3 Å². The van der Waals surface area contributed by atoms with E-state index in [0.717, 1.165) is 22.2 Å². The van der Waals surface area contributed by atoms with Crippen molar-refractivity contribution in [2.45, 2.75) is 18.9 Å². The molecule has 0 fully saturated rings. The van der Waals surface area contributed by atoms with Crippen molar-refractivity contribution in [3.8, 4) is 5.75 Å². The van der Waals surface area contributed by atoms with Crippen molar-refractivity contribution in [1.29, 1.82) is 0 Å². The smallest absolute Gasteiger partial charge is 0.166 e. The number of hydrogen-bond acceptors (Lipinski definition) is 2. The van der Waals surface area contributed by atoms with Gasteiger partial charge in [0.05, 0.1) is 7.11 Å². The zero-order chi connectivity index (χ0) is 17.6. The van der Waals surface area contributed by atoms with Gasteiger partial charge in [0.15, 0.2) is 5.78 Å².